The molecule has 1 unspecified atom stereocenters. The largest absolute Gasteiger partial charge is 0.450 e. The van der Waals surface area contributed by atoms with E-state index in [1.807, 2.05) is 16.8 Å². The minimum Gasteiger partial charge on any atom is -0.450 e. The lowest BCUT2D eigenvalue weighted by molar-refractivity contribution is 0.149. The Bertz CT molecular complexity index is 417. The van der Waals surface area contributed by atoms with Crippen molar-refractivity contribution < 1.29 is 9.52 Å². The molecule has 5 heteroatoms. The molecule has 0 aliphatic heterocycles. The van der Waals surface area contributed by atoms with Crippen molar-refractivity contribution >= 4 is 43.2 Å². The van der Waals surface area contributed by atoms with Gasteiger partial charge in [-0.2, -0.15) is 11.3 Å². The van der Waals surface area contributed by atoms with Gasteiger partial charge in [0.1, 0.15) is 11.9 Å². The molecule has 2 heterocycles. The Hall–Kier alpha value is -0.100. The van der Waals surface area contributed by atoms with Crippen molar-refractivity contribution in [3.8, 4) is 0 Å². The fourth-order valence-electron chi connectivity index (χ4n) is 1.26. The van der Waals surface area contributed by atoms with Gasteiger partial charge in [0, 0.05) is 6.42 Å². The summed E-state index contributed by atoms with van der Waals surface area (Å²) in [4.78, 5) is 0. The van der Waals surface area contributed by atoms with Crippen LogP contribution in [0.15, 0.2) is 36.5 Å². The van der Waals surface area contributed by atoms with Crippen molar-refractivity contribution in [2.45, 2.75) is 12.5 Å². The molecule has 2 aromatic heterocycles. The van der Waals surface area contributed by atoms with Crippen LogP contribution >= 0.6 is 43.2 Å². The Morgan fingerprint density at radius 3 is 2.80 bits per heavy atom. The SMILES string of the molecule is OC(Cc1ccsc1)c1cc(Br)c(Br)o1. The summed E-state index contributed by atoms with van der Waals surface area (Å²) in [5.41, 5.74) is 1.12. The van der Waals surface area contributed by atoms with Gasteiger partial charge in [-0.15, -0.1) is 0 Å². The second-order valence-electron chi connectivity index (χ2n) is 3.12. The van der Waals surface area contributed by atoms with Gasteiger partial charge in [0.2, 0.25) is 0 Å². The molecule has 0 aliphatic rings. The molecule has 0 fully saturated rings. The van der Waals surface area contributed by atoms with E-state index >= 15 is 0 Å². The van der Waals surface area contributed by atoms with Crippen LogP contribution in [0, 0.1) is 0 Å². The lowest BCUT2D eigenvalue weighted by Gasteiger charge is -2.05. The average molecular weight is 352 g/mol. The van der Waals surface area contributed by atoms with Gasteiger partial charge in [-0.3, -0.25) is 0 Å². The van der Waals surface area contributed by atoms with E-state index < -0.39 is 6.10 Å². The molecule has 2 aromatic rings. The van der Waals surface area contributed by atoms with Crippen LogP contribution in [0.2, 0.25) is 0 Å². The zero-order chi connectivity index (χ0) is 10.8. The number of hydrogen-bond donors (Lipinski definition) is 1. The molecule has 80 valence electrons. The third-order valence-corrected chi connectivity index (χ3v) is 4.44. The van der Waals surface area contributed by atoms with E-state index in [2.05, 4.69) is 31.9 Å². The quantitative estimate of drug-likeness (QED) is 0.901. The minimum absolute atomic E-state index is 0.569. The van der Waals surface area contributed by atoms with Crippen LogP contribution in [0.4, 0.5) is 0 Å². The molecule has 0 aliphatic carbocycles. The first-order chi connectivity index (χ1) is 7.16. The average Bonchev–Trinajstić information content (AvgIpc) is 2.78. The van der Waals surface area contributed by atoms with Crippen LogP contribution in [-0.2, 0) is 6.42 Å². The zero-order valence-corrected chi connectivity index (χ0v) is 11.6. The second kappa shape index (κ2) is 4.82. The van der Waals surface area contributed by atoms with E-state index in [0.717, 1.165) is 10.0 Å². The fraction of sp³-hybridized carbons (Fsp3) is 0.200. The van der Waals surface area contributed by atoms with Gasteiger partial charge < -0.3 is 9.52 Å². The van der Waals surface area contributed by atoms with Crippen molar-refractivity contribution in [3.05, 3.63) is 43.4 Å². The maximum absolute atomic E-state index is 9.90. The molecule has 0 bridgehead atoms. The fourth-order valence-corrected chi connectivity index (χ4v) is 2.55. The summed E-state index contributed by atoms with van der Waals surface area (Å²) in [5, 5.41) is 13.9. The Labute approximate surface area is 108 Å². The Morgan fingerprint density at radius 1 is 1.47 bits per heavy atom. The molecule has 0 aromatic carbocycles. The Balaban J connectivity index is 2.11. The van der Waals surface area contributed by atoms with Crippen LogP contribution in [-0.4, -0.2) is 5.11 Å². The first-order valence-corrected chi connectivity index (χ1v) is 6.83. The summed E-state index contributed by atoms with van der Waals surface area (Å²) in [7, 11) is 0. The van der Waals surface area contributed by atoms with Crippen molar-refractivity contribution in [3.63, 3.8) is 0 Å². The summed E-state index contributed by atoms with van der Waals surface area (Å²) in [6.07, 6.45) is -0.0159. The van der Waals surface area contributed by atoms with Gasteiger partial charge in [-0.25, -0.2) is 0 Å². The molecule has 0 radical (unpaired) electrons. The van der Waals surface area contributed by atoms with Crippen LogP contribution in [0.3, 0.4) is 0 Å². The monoisotopic (exact) mass is 350 g/mol. The number of hydrogen-bond acceptors (Lipinski definition) is 3. The molecule has 0 saturated heterocycles. The van der Waals surface area contributed by atoms with E-state index in [4.69, 9.17) is 4.42 Å². The summed E-state index contributed by atoms with van der Waals surface area (Å²) < 4.78 is 6.78. The highest BCUT2D eigenvalue weighted by Gasteiger charge is 2.15. The molecule has 2 rings (SSSR count). The smallest absolute Gasteiger partial charge is 0.183 e. The predicted octanol–water partition coefficient (Wildman–Crippen LogP) is 4.14. The summed E-state index contributed by atoms with van der Waals surface area (Å²) >= 11 is 8.18. The van der Waals surface area contributed by atoms with Gasteiger partial charge in [-0.1, -0.05) is 0 Å². The van der Waals surface area contributed by atoms with Gasteiger partial charge in [0.15, 0.2) is 4.67 Å². The number of halogens is 2. The maximum atomic E-state index is 9.90. The first kappa shape index (κ1) is 11.4. The third-order valence-electron chi connectivity index (χ3n) is 2.00. The predicted molar refractivity (Wildman–Crippen MR) is 67.1 cm³/mol. The van der Waals surface area contributed by atoms with E-state index in [1.54, 1.807) is 17.4 Å². The van der Waals surface area contributed by atoms with Crippen LogP contribution < -0.4 is 0 Å². The van der Waals surface area contributed by atoms with Gasteiger partial charge >= 0.3 is 0 Å². The topological polar surface area (TPSA) is 33.4 Å². The third kappa shape index (κ3) is 2.72. The van der Waals surface area contributed by atoms with Crippen molar-refractivity contribution in [1.29, 1.82) is 0 Å². The van der Waals surface area contributed by atoms with E-state index in [-0.39, 0.29) is 0 Å². The minimum atomic E-state index is -0.595. The van der Waals surface area contributed by atoms with Gasteiger partial charge in [0.05, 0.1) is 4.47 Å². The van der Waals surface area contributed by atoms with Crippen molar-refractivity contribution in [2.24, 2.45) is 0 Å². The highest BCUT2D eigenvalue weighted by molar-refractivity contribution is 9.13. The highest BCUT2D eigenvalue weighted by atomic mass is 79.9. The summed E-state index contributed by atoms with van der Waals surface area (Å²) in [6, 6.07) is 3.78. The van der Waals surface area contributed by atoms with Crippen LogP contribution in [0.1, 0.15) is 17.4 Å². The molecular weight excluding hydrogens is 344 g/mol. The molecule has 0 spiro atoms. The lowest BCUT2D eigenvalue weighted by Crippen LogP contribution is -1.98. The number of thiophene rings is 1. The Kier molecular flexibility index (Phi) is 3.66. The number of rotatable bonds is 3. The molecule has 1 N–H and O–H groups in total. The molecule has 0 amide bonds. The number of aliphatic hydroxyl groups is 1. The van der Waals surface area contributed by atoms with Gasteiger partial charge in [-0.05, 0) is 60.3 Å². The van der Waals surface area contributed by atoms with Gasteiger partial charge in [0.25, 0.3) is 0 Å². The maximum Gasteiger partial charge on any atom is 0.183 e. The summed E-state index contributed by atoms with van der Waals surface area (Å²) in [6.45, 7) is 0. The normalized spacial score (nSPS) is 13.0. The van der Waals surface area contributed by atoms with Crippen molar-refractivity contribution in [1.82, 2.24) is 0 Å². The number of furan rings is 1. The van der Waals surface area contributed by atoms with Crippen LogP contribution in [0.5, 0.6) is 0 Å². The van der Waals surface area contributed by atoms with Crippen molar-refractivity contribution in [2.75, 3.05) is 0 Å². The molecule has 0 saturated carbocycles. The van der Waals surface area contributed by atoms with E-state index in [9.17, 15) is 5.11 Å². The molecule has 1 atom stereocenters. The molecule has 2 nitrogen and oxygen atoms in total. The lowest BCUT2D eigenvalue weighted by atomic mass is 10.1. The first-order valence-electron chi connectivity index (χ1n) is 4.30. The Morgan fingerprint density at radius 2 is 2.27 bits per heavy atom. The van der Waals surface area contributed by atoms with Crippen LogP contribution in [0.25, 0.3) is 0 Å². The molecule has 15 heavy (non-hydrogen) atoms. The zero-order valence-electron chi connectivity index (χ0n) is 7.61. The number of aliphatic hydroxyl groups excluding tert-OH is 1. The molecular formula is C10H8Br2O2S. The van der Waals surface area contributed by atoms with E-state index in [0.29, 0.717) is 16.9 Å². The van der Waals surface area contributed by atoms with E-state index in [1.165, 1.54) is 0 Å². The summed E-state index contributed by atoms with van der Waals surface area (Å²) in [5.74, 6) is 0.569. The standard InChI is InChI=1S/C10H8Br2O2S/c11-7-4-9(14-10(7)12)8(13)3-6-1-2-15-5-6/h1-2,4-5,8,13H,3H2. The highest BCUT2D eigenvalue weighted by Crippen LogP contribution is 2.31. The second-order valence-corrected chi connectivity index (χ2v) is 5.48.